The summed E-state index contributed by atoms with van der Waals surface area (Å²) in [5, 5.41) is 9.22. The highest BCUT2D eigenvalue weighted by atomic mass is 19.3. The molecule has 2 aromatic carbocycles. The molecule has 2 aromatic rings. The summed E-state index contributed by atoms with van der Waals surface area (Å²) in [5.74, 6) is 0.0516. The Morgan fingerprint density at radius 2 is 1.88 bits per heavy atom. The van der Waals surface area contributed by atoms with Crippen molar-refractivity contribution in [3.05, 3.63) is 65.2 Å². The molecule has 0 atom stereocenters. The van der Waals surface area contributed by atoms with E-state index in [1.165, 1.54) is 43.5 Å². The fourth-order valence-corrected chi connectivity index (χ4v) is 1.98. The maximum Gasteiger partial charge on any atom is 0.387 e. The Hall–Kier alpha value is -3.20. The zero-order valence-corrected chi connectivity index (χ0v) is 12.7. The van der Waals surface area contributed by atoms with Crippen LogP contribution in [0.5, 0.6) is 11.5 Å². The summed E-state index contributed by atoms with van der Waals surface area (Å²) in [6.07, 6.45) is 1.38. The molecular formula is C18H13F2NO3. The van der Waals surface area contributed by atoms with Crippen LogP contribution in [-0.4, -0.2) is 19.5 Å². The molecule has 0 saturated heterocycles. The first-order chi connectivity index (χ1) is 11.5. The predicted molar refractivity (Wildman–Crippen MR) is 84.0 cm³/mol. The molecule has 0 unspecified atom stereocenters. The summed E-state index contributed by atoms with van der Waals surface area (Å²) >= 11 is 0. The minimum absolute atomic E-state index is 0.000204. The van der Waals surface area contributed by atoms with Crippen molar-refractivity contribution < 1.29 is 23.0 Å². The summed E-state index contributed by atoms with van der Waals surface area (Å²) in [6.45, 7) is -2.91. The van der Waals surface area contributed by atoms with Gasteiger partial charge in [-0.1, -0.05) is 24.3 Å². The van der Waals surface area contributed by atoms with Gasteiger partial charge in [-0.05, 0) is 35.9 Å². The molecule has 0 amide bonds. The maximum absolute atomic E-state index is 12.4. The van der Waals surface area contributed by atoms with Crippen LogP contribution in [0.2, 0.25) is 0 Å². The summed E-state index contributed by atoms with van der Waals surface area (Å²) < 4.78 is 33.5. The molecule has 24 heavy (non-hydrogen) atoms. The minimum atomic E-state index is -2.91. The molecule has 0 aromatic heterocycles. The van der Waals surface area contributed by atoms with Crippen LogP contribution in [0, 0.1) is 11.3 Å². The second kappa shape index (κ2) is 7.88. The number of allylic oxidation sites excluding steroid dienone is 1. The number of ketones is 1. The Kier molecular flexibility index (Phi) is 5.63. The molecule has 0 spiro atoms. The van der Waals surface area contributed by atoms with E-state index in [1.807, 2.05) is 6.07 Å². The molecule has 0 aliphatic rings. The van der Waals surface area contributed by atoms with E-state index in [-0.39, 0.29) is 11.3 Å². The van der Waals surface area contributed by atoms with Crippen LogP contribution < -0.4 is 9.47 Å². The van der Waals surface area contributed by atoms with Crippen molar-refractivity contribution in [3.8, 4) is 17.6 Å². The van der Waals surface area contributed by atoms with E-state index in [1.54, 1.807) is 18.2 Å². The number of nitrogens with zero attached hydrogens (tertiary/aromatic N) is 1. The molecule has 0 heterocycles. The third kappa shape index (κ3) is 4.40. The molecule has 0 N–H and O–H groups in total. The van der Waals surface area contributed by atoms with Crippen LogP contribution in [0.4, 0.5) is 8.78 Å². The number of rotatable bonds is 6. The molecule has 0 aliphatic heterocycles. The van der Waals surface area contributed by atoms with Gasteiger partial charge >= 0.3 is 6.61 Å². The van der Waals surface area contributed by atoms with Crippen molar-refractivity contribution in [3.63, 3.8) is 0 Å². The number of hydrogen-bond acceptors (Lipinski definition) is 4. The fourth-order valence-electron chi connectivity index (χ4n) is 1.98. The van der Waals surface area contributed by atoms with Gasteiger partial charge in [-0.3, -0.25) is 4.79 Å². The van der Waals surface area contributed by atoms with E-state index in [0.717, 1.165) is 0 Å². The number of nitriles is 1. The molecule has 0 fully saturated rings. The van der Waals surface area contributed by atoms with Crippen LogP contribution in [0.25, 0.3) is 6.08 Å². The quantitative estimate of drug-likeness (QED) is 0.455. The highest BCUT2D eigenvalue weighted by Crippen LogP contribution is 2.19. The van der Waals surface area contributed by atoms with Gasteiger partial charge in [-0.25, -0.2) is 0 Å². The SMILES string of the molecule is COc1cccc(C(=O)/C(C#N)=C/c2ccc(OC(F)F)cc2)c1. The molecule has 0 bridgehead atoms. The van der Waals surface area contributed by atoms with Crippen LogP contribution in [0.15, 0.2) is 54.1 Å². The zero-order chi connectivity index (χ0) is 17.5. The second-order valence-electron chi connectivity index (χ2n) is 4.68. The van der Waals surface area contributed by atoms with Crippen LogP contribution >= 0.6 is 0 Å². The van der Waals surface area contributed by atoms with Crippen molar-refractivity contribution in [2.24, 2.45) is 0 Å². The summed E-state index contributed by atoms with van der Waals surface area (Å²) in [5.41, 5.74) is 0.759. The van der Waals surface area contributed by atoms with E-state index in [2.05, 4.69) is 4.74 Å². The van der Waals surface area contributed by atoms with Gasteiger partial charge in [0.1, 0.15) is 23.1 Å². The van der Waals surface area contributed by atoms with Crippen LogP contribution in [0.1, 0.15) is 15.9 Å². The third-order valence-corrected chi connectivity index (χ3v) is 3.11. The van der Waals surface area contributed by atoms with Crippen molar-refractivity contribution in [1.82, 2.24) is 0 Å². The van der Waals surface area contributed by atoms with Gasteiger partial charge in [0.2, 0.25) is 5.78 Å². The lowest BCUT2D eigenvalue weighted by molar-refractivity contribution is -0.0498. The average Bonchev–Trinajstić information content (AvgIpc) is 2.60. The molecular weight excluding hydrogens is 316 g/mol. The largest absolute Gasteiger partial charge is 0.497 e. The first kappa shape index (κ1) is 17.2. The van der Waals surface area contributed by atoms with Gasteiger partial charge in [-0.2, -0.15) is 14.0 Å². The van der Waals surface area contributed by atoms with Crippen molar-refractivity contribution in [1.29, 1.82) is 5.26 Å². The van der Waals surface area contributed by atoms with E-state index in [0.29, 0.717) is 16.9 Å². The number of hydrogen-bond donors (Lipinski definition) is 0. The molecule has 4 nitrogen and oxygen atoms in total. The summed E-state index contributed by atoms with van der Waals surface area (Å²) in [4.78, 5) is 12.4. The van der Waals surface area contributed by atoms with Gasteiger partial charge in [0.15, 0.2) is 0 Å². The Morgan fingerprint density at radius 3 is 2.46 bits per heavy atom. The Balaban J connectivity index is 2.25. The van der Waals surface area contributed by atoms with E-state index < -0.39 is 12.4 Å². The van der Waals surface area contributed by atoms with E-state index in [9.17, 15) is 18.8 Å². The number of carbonyl (C=O) groups excluding carboxylic acids is 1. The maximum atomic E-state index is 12.4. The normalized spacial score (nSPS) is 11.0. The van der Waals surface area contributed by atoms with Gasteiger partial charge in [0, 0.05) is 5.56 Å². The van der Waals surface area contributed by atoms with E-state index >= 15 is 0 Å². The number of carbonyl (C=O) groups is 1. The highest BCUT2D eigenvalue weighted by Gasteiger charge is 2.13. The smallest absolute Gasteiger partial charge is 0.387 e. The molecule has 0 saturated carbocycles. The van der Waals surface area contributed by atoms with Gasteiger partial charge < -0.3 is 9.47 Å². The Bertz CT molecular complexity index is 793. The van der Waals surface area contributed by atoms with Crippen molar-refractivity contribution in [2.75, 3.05) is 7.11 Å². The lowest BCUT2D eigenvalue weighted by Crippen LogP contribution is -2.02. The minimum Gasteiger partial charge on any atom is -0.497 e. The average molecular weight is 329 g/mol. The highest BCUT2D eigenvalue weighted by molar-refractivity contribution is 6.14. The fraction of sp³-hybridized carbons (Fsp3) is 0.111. The first-order valence-corrected chi connectivity index (χ1v) is 6.89. The molecule has 0 aliphatic carbocycles. The number of Topliss-reactive ketones (excluding diaryl/α,β-unsaturated/α-hetero) is 1. The first-order valence-electron chi connectivity index (χ1n) is 6.89. The topological polar surface area (TPSA) is 59.3 Å². The number of methoxy groups -OCH3 is 1. The van der Waals surface area contributed by atoms with Gasteiger partial charge in [-0.15, -0.1) is 0 Å². The Labute approximate surface area is 137 Å². The standard InChI is InChI=1S/C18H13F2NO3/c1-23-16-4-2-3-13(10-16)17(22)14(11-21)9-12-5-7-15(8-6-12)24-18(19)20/h2-10,18H,1H3/b14-9+. The number of alkyl halides is 2. The van der Waals surface area contributed by atoms with Crippen molar-refractivity contribution in [2.45, 2.75) is 6.61 Å². The monoisotopic (exact) mass is 329 g/mol. The third-order valence-electron chi connectivity index (χ3n) is 3.11. The molecule has 2 rings (SSSR count). The molecule has 0 radical (unpaired) electrons. The van der Waals surface area contributed by atoms with Crippen molar-refractivity contribution >= 4 is 11.9 Å². The van der Waals surface area contributed by atoms with Crippen LogP contribution in [-0.2, 0) is 0 Å². The lowest BCUT2D eigenvalue weighted by atomic mass is 10.0. The summed E-state index contributed by atoms with van der Waals surface area (Å²) in [7, 11) is 1.48. The van der Waals surface area contributed by atoms with Gasteiger partial charge in [0.25, 0.3) is 0 Å². The van der Waals surface area contributed by atoms with E-state index in [4.69, 9.17) is 4.74 Å². The van der Waals surface area contributed by atoms with Crippen LogP contribution in [0.3, 0.4) is 0 Å². The number of benzene rings is 2. The Morgan fingerprint density at radius 1 is 1.17 bits per heavy atom. The zero-order valence-electron chi connectivity index (χ0n) is 12.7. The number of ether oxygens (including phenoxy) is 2. The number of halogens is 2. The predicted octanol–water partition coefficient (Wildman–Crippen LogP) is 4.09. The second-order valence-corrected chi connectivity index (χ2v) is 4.68. The molecule has 122 valence electrons. The molecule has 6 heteroatoms. The summed E-state index contributed by atoms with van der Waals surface area (Å²) in [6, 6.07) is 13.9. The lowest BCUT2D eigenvalue weighted by Gasteiger charge is -2.05. The van der Waals surface area contributed by atoms with Gasteiger partial charge in [0.05, 0.1) is 7.11 Å².